The minimum absolute atomic E-state index is 0.155. The van der Waals surface area contributed by atoms with Crippen LogP contribution in [0.4, 0.5) is 0 Å². The van der Waals surface area contributed by atoms with Gasteiger partial charge in [0, 0.05) is 0 Å². The van der Waals surface area contributed by atoms with Crippen molar-refractivity contribution in [1.29, 1.82) is 0 Å². The van der Waals surface area contributed by atoms with Gasteiger partial charge in [0.05, 0.1) is 24.8 Å². The molecule has 0 heterocycles. The lowest BCUT2D eigenvalue weighted by Crippen LogP contribution is -2.18. The Balaban J connectivity index is 2.13. The second-order valence-corrected chi connectivity index (χ2v) is 6.17. The van der Waals surface area contributed by atoms with Crippen molar-refractivity contribution in [2.24, 2.45) is 5.10 Å². The number of methoxy groups -OCH3 is 1. The Hall–Kier alpha value is -2.54. The van der Waals surface area contributed by atoms with Crippen molar-refractivity contribution in [1.82, 2.24) is 4.83 Å². The molecule has 2 rings (SSSR count). The van der Waals surface area contributed by atoms with Gasteiger partial charge in [-0.3, -0.25) is 0 Å². The van der Waals surface area contributed by atoms with Gasteiger partial charge in [0.1, 0.15) is 0 Å². The van der Waals surface area contributed by atoms with Crippen molar-refractivity contribution in [3.05, 3.63) is 54.1 Å². The van der Waals surface area contributed by atoms with E-state index in [9.17, 15) is 8.42 Å². The highest BCUT2D eigenvalue weighted by molar-refractivity contribution is 7.89. The Morgan fingerprint density at radius 2 is 1.87 bits per heavy atom. The maximum atomic E-state index is 12.0. The van der Waals surface area contributed by atoms with Crippen molar-refractivity contribution in [3.63, 3.8) is 0 Å². The fourth-order valence-electron chi connectivity index (χ4n) is 1.86. The highest BCUT2D eigenvalue weighted by Crippen LogP contribution is 2.27. The predicted molar refractivity (Wildman–Crippen MR) is 88.5 cm³/mol. The highest BCUT2D eigenvalue weighted by atomic mass is 32.2. The largest absolute Gasteiger partial charge is 0.493 e. The zero-order valence-corrected chi connectivity index (χ0v) is 13.7. The summed E-state index contributed by atoms with van der Waals surface area (Å²) in [6.45, 7) is 2.37. The van der Waals surface area contributed by atoms with Crippen molar-refractivity contribution >= 4 is 16.2 Å². The smallest absolute Gasteiger partial charge is 0.276 e. The molecule has 0 aliphatic carbocycles. The van der Waals surface area contributed by atoms with Gasteiger partial charge in [-0.1, -0.05) is 18.2 Å². The van der Waals surface area contributed by atoms with Crippen LogP contribution in [0.2, 0.25) is 0 Å². The molecule has 0 amide bonds. The summed E-state index contributed by atoms with van der Waals surface area (Å²) >= 11 is 0. The van der Waals surface area contributed by atoms with E-state index in [1.807, 2.05) is 6.92 Å². The molecule has 1 N–H and O–H groups in total. The summed E-state index contributed by atoms with van der Waals surface area (Å²) in [4.78, 5) is 2.33. The molecule has 0 bridgehead atoms. The molecule has 0 spiro atoms. The second-order valence-electron chi connectivity index (χ2n) is 4.51. The van der Waals surface area contributed by atoms with E-state index in [-0.39, 0.29) is 4.90 Å². The van der Waals surface area contributed by atoms with E-state index in [2.05, 4.69) is 9.93 Å². The molecule has 0 aromatic heterocycles. The molecule has 0 aliphatic heterocycles. The van der Waals surface area contributed by atoms with Gasteiger partial charge in [-0.15, -0.1) is 0 Å². The molecule has 2 aromatic rings. The summed E-state index contributed by atoms with van der Waals surface area (Å²) in [6, 6.07) is 13.3. The molecule has 0 atom stereocenters. The number of nitrogens with zero attached hydrogens (tertiary/aromatic N) is 1. The Labute approximate surface area is 135 Å². The van der Waals surface area contributed by atoms with Crippen LogP contribution in [0.1, 0.15) is 12.5 Å². The van der Waals surface area contributed by atoms with Crippen LogP contribution in [0.25, 0.3) is 0 Å². The van der Waals surface area contributed by atoms with Crippen LogP contribution >= 0.6 is 0 Å². The lowest BCUT2D eigenvalue weighted by atomic mass is 10.2. The van der Waals surface area contributed by atoms with E-state index >= 15 is 0 Å². The molecule has 0 fully saturated rings. The van der Waals surface area contributed by atoms with Gasteiger partial charge >= 0.3 is 0 Å². The summed E-state index contributed by atoms with van der Waals surface area (Å²) < 4.78 is 34.7. The van der Waals surface area contributed by atoms with E-state index in [0.29, 0.717) is 23.7 Å². The van der Waals surface area contributed by atoms with Gasteiger partial charge < -0.3 is 9.47 Å². The third kappa shape index (κ3) is 4.46. The Morgan fingerprint density at radius 3 is 2.52 bits per heavy atom. The van der Waals surface area contributed by atoms with Gasteiger partial charge in [0.15, 0.2) is 11.5 Å². The zero-order valence-electron chi connectivity index (χ0n) is 12.9. The summed E-state index contributed by atoms with van der Waals surface area (Å²) in [5.41, 5.74) is 0.685. The summed E-state index contributed by atoms with van der Waals surface area (Å²) in [5.74, 6) is 1.18. The van der Waals surface area contributed by atoms with Crippen molar-refractivity contribution < 1.29 is 17.9 Å². The molecule has 23 heavy (non-hydrogen) atoms. The fourth-order valence-corrected chi connectivity index (χ4v) is 2.68. The molecule has 2 aromatic carbocycles. The minimum Gasteiger partial charge on any atom is -0.493 e. The highest BCUT2D eigenvalue weighted by Gasteiger charge is 2.11. The van der Waals surface area contributed by atoms with Crippen molar-refractivity contribution in [2.45, 2.75) is 11.8 Å². The Kier molecular flexibility index (Phi) is 5.59. The maximum Gasteiger partial charge on any atom is 0.276 e. The standard InChI is InChI=1S/C16H18N2O4S/c1-3-22-16-11-13(9-10-15(16)21-2)12-17-18-23(19,20)14-7-5-4-6-8-14/h4-12,18H,3H2,1-2H3/b17-12+. The third-order valence-corrected chi connectivity index (χ3v) is 4.17. The summed E-state index contributed by atoms with van der Waals surface area (Å²) in [6.07, 6.45) is 1.41. The molecule has 6 nitrogen and oxygen atoms in total. The van der Waals surface area contributed by atoms with Crippen LogP contribution in [-0.4, -0.2) is 28.3 Å². The van der Waals surface area contributed by atoms with Gasteiger partial charge in [0.25, 0.3) is 10.0 Å². The number of benzene rings is 2. The average Bonchev–Trinajstić information content (AvgIpc) is 2.56. The molecule has 0 unspecified atom stereocenters. The zero-order chi connectivity index (χ0) is 16.7. The van der Waals surface area contributed by atoms with Gasteiger partial charge in [-0.25, -0.2) is 4.83 Å². The maximum absolute atomic E-state index is 12.0. The van der Waals surface area contributed by atoms with Crippen molar-refractivity contribution in [3.8, 4) is 11.5 Å². The molecule has 122 valence electrons. The number of ether oxygens (including phenoxy) is 2. The van der Waals surface area contributed by atoms with Crippen LogP contribution in [0.3, 0.4) is 0 Å². The van der Waals surface area contributed by atoms with E-state index < -0.39 is 10.0 Å². The van der Waals surface area contributed by atoms with E-state index in [4.69, 9.17) is 9.47 Å². The van der Waals surface area contributed by atoms with E-state index in [1.165, 1.54) is 18.3 Å². The average molecular weight is 334 g/mol. The normalized spacial score (nSPS) is 11.4. The number of hydrogen-bond acceptors (Lipinski definition) is 5. The van der Waals surface area contributed by atoms with Gasteiger partial charge in [0.2, 0.25) is 0 Å². The van der Waals surface area contributed by atoms with Crippen LogP contribution in [0, 0.1) is 0 Å². The van der Waals surface area contributed by atoms with E-state index in [1.54, 1.807) is 43.5 Å². The monoisotopic (exact) mass is 334 g/mol. The number of rotatable bonds is 7. The number of nitrogens with one attached hydrogen (secondary N) is 1. The van der Waals surface area contributed by atoms with Crippen LogP contribution in [0.15, 0.2) is 58.5 Å². The molecule has 0 aliphatic rings. The number of hydrogen-bond donors (Lipinski definition) is 1. The van der Waals surface area contributed by atoms with Crippen LogP contribution in [-0.2, 0) is 10.0 Å². The first-order valence-electron chi connectivity index (χ1n) is 6.97. The molecular formula is C16H18N2O4S. The lowest BCUT2D eigenvalue weighted by Gasteiger charge is -2.09. The summed E-state index contributed by atoms with van der Waals surface area (Å²) in [7, 11) is -2.11. The van der Waals surface area contributed by atoms with Crippen LogP contribution in [0.5, 0.6) is 11.5 Å². The topological polar surface area (TPSA) is 77.0 Å². The molecule has 0 saturated heterocycles. The van der Waals surface area contributed by atoms with Crippen molar-refractivity contribution in [2.75, 3.05) is 13.7 Å². The first kappa shape index (κ1) is 16.8. The number of hydrazone groups is 1. The number of sulfonamides is 1. The van der Waals surface area contributed by atoms with E-state index in [0.717, 1.165) is 0 Å². The SMILES string of the molecule is CCOc1cc(/C=N/NS(=O)(=O)c2ccccc2)ccc1OC. The second kappa shape index (κ2) is 7.64. The van der Waals surface area contributed by atoms with Gasteiger partial charge in [-0.05, 0) is 42.8 Å². The Bertz CT molecular complexity index is 774. The predicted octanol–water partition coefficient (Wildman–Crippen LogP) is 2.41. The minimum atomic E-state index is -3.67. The molecular weight excluding hydrogens is 316 g/mol. The fraction of sp³-hybridized carbons (Fsp3) is 0.188. The van der Waals surface area contributed by atoms with Gasteiger partial charge in [-0.2, -0.15) is 13.5 Å². The molecule has 0 radical (unpaired) electrons. The first-order chi connectivity index (χ1) is 11.1. The quantitative estimate of drug-likeness (QED) is 0.623. The molecule has 0 saturated carbocycles. The molecule has 7 heteroatoms. The first-order valence-corrected chi connectivity index (χ1v) is 8.46. The summed E-state index contributed by atoms with van der Waals surface area (Å²) in [5, 5.41) is 3.79. The Morgan fingerprint density at radius 1 is 1.13 bits per heavy atom. The third-order valence-electron chi connectivity index (χ3n) is 2.93. The van der Waals surface area contributed by atoms with Crippen LogP contribution < -0.4 is 14.3 Å². The lowest BCUT2D eigenvalue weighted by molar-refractivity contribution is 0.311.